The Morgan fingerprint density at radius 3 is 2.48 bits per heavy atom. The summed E-state index contributed by atoms with van der Waals surface area (Å²) in [7, 11) is 3.77. The van der Waals surface area contributed by atoms with E-state index < -0.39 is 5.54 Å². The molecule has 2 saturated carbocycles. The van der Waals surface area contributed by atoms with Crippen LogP contribution in [0.4, 0.5) is 0 Å². The standard InChI is InChI=1S/C17H32N2O2/c1-4-18-17(16(20)21-3)12-8-11-15(13-17)19(2)14-9-6-5-7-10-14/h14-15,18H,4-13H2,1-3H3. The van der Waals surface area contributed by atoms with E-state index >= 15 is 0 Å². The van der Waals surface area contributed by atoms with Crippen LogP contribution in [0.5, 0.6) is 0 Å². The molecular weight excluding hydrogens is 264 g/mol. The molecule has 2 rings (SSSR count). The van der Waals surface area contributed by atoms with Crippen LogP contribution in [0.3, 0.4) is 0 Å². The normalized spacial score (nSPS) is 31.3. The van der Waals surface area contributed by atoms with E-state index in [0.717, 1.165) is 25.8 Å². The first-order chi connectivity index (χ1) is 10.1. The number of carbonyl (C=O) groups excluding carboxylic acids is 1. The molecule has 0 aliphatic heterocycles. The lowest BCUT2D eigenvalue weighted by Crippen LogP contribution is -2.59. The number of hydrogen-bond acceptors (Lipinski definition) is 4. The molecule has 0 spiro atoms. The van der Waals surface area contributed by atoms with Crippen molar-refractivity contribution in [3.8, 4) is 0 Å². The van der Waals surface area contributed by atoms with Crippen molar-refractivity contribution in [2.75, 3.05) is 20.7 Å². The summed E-state index contributed by atoms with van der Waals surface area (Å²) in [5.41, 5.74) is -0.463. The summed E-state index contributed by atoms with van der Waals surface area (Å²) in [6, 6.07) is 1.21. The van der Waals surface area contributed by atoms with Crippen molar-refractivity contribution in [3.05, 3.63) is 0 Å². The van der Waals surface area contributed by atoms with Gasteiger partial charge in [0.05, 0.1) is 7.11 Å². The number of rotatable bonds is 5. The molecule has 0 heterocycles. The van der Waals surface area contributed by atoms with Gasteiger partial charge in [-0.3, -0.25) is 4.79 Å². The minimum Gasteiger partial charge on any atom is -0.468 e. The van der Waals surface area contributed by atoms with E-state index in [1.165, 1.54) is 45.6 Å². The van der Waals surface area contributed by atoms with Gasteiger partial charge >= 0.3 is 5.97 Å². The molecule has 0 bridgehead atoms. The third-order valence-electron chi connectivity index (χ3n) is 5.54. The Kier molecular flexibility index (Phi) is 6.06. The Hall–Kier alpha value is -0.610. The summed E-state index contributed by atoms with van der Waals surface area (Å²) in [5.74, 6) is -0.0777. The first-order valence-corrected chi connectivity index (χ1v) is 8.68. The maximum Gasteiger partial charge on any atom is 0.326 e. The number of hydrogen-bond donors (Lipinski definition) is 1. The number of nitrogens with one attached hydrogen (secondary N) is 1. The number of nitrogens with zero attached hydrogens (tertiary/aromatic N) is 1. The van der Waals surface area contributed by atoms with Crippen molar-refractivity contribution in [1.82, 2.24) is 10.2 Å². The van der Waals surface area contributed by atoms with Crippen molar-refractivity contribution >= 4 is 5.97 Å². The first kappa shape index (κ1) is 16.8. The van der Waals surface area contributed by atoms with Crippen molar-refractivity contribution < 1.29 is 9.53 Å². The summed E-state index contributed by atoms with van der Waals surface area (Å²) in [4.78, 5) is 14.9. The highest BCUT2D eigenvalue weighted by Crippen LogP contribution is 2.34. The molecule has 2 atom stereocenters. The van der Waals surface area contributed by atoms with E-state index in [1.807, 2.05) is 0 Å². The predicted molar refractivity (Wildman–Crippen MR) is 85.3 cm³/mol. The van der Waals surface area contributed by atoms with Gasteiger partial charge in [-0.25, -0.2) is 0 Å². The van der Waals surface area contributed by atoms with Gasteiger partial charge in [0.25, 0.3) is 0 Å². The second-order valence-electron chi connectivity index (χ2n) is 6.81. The third kappa shape index (κ3) is 3.78. The second-order valence-corrected chi connectivity index (χ2v) is 6.81. The van der Waals surface area contributed by atoms with Crippen LogP contribution in [0, 0.1) is 0 Å². The van der Waals surface area contributed by atoms with Crippen LogP contribution in [0.2, 0.25) is 0 Å². The molecule has 2 aliphatic carbocycles. The summed E-state index contributed by atoms with van der Waals surface area (Å²) < 4.78 is 5.10. The smallest absolute Gasteiger partial charge is 0.326 e. The van der Waals surface area contributed by atoms with E-state index in [4.69, 9.17) is 4.74 Å². The zero-order valence-corrected chi connectivity index (χ0v) is 14.0. The van der Waals surface area contributed by atoms with Gasteiger partial charge in [0.15, 0.2) is 0 Å². The summed E-state index contributed by atoms with van der Waals surface area (Å²) in [6.45, 7) is 2.88. The van der Waals surface area contributed by atoms with Crippen LogP contribution < -0.4 is 5.32 Å². The largest absolute Gasteiger partial charge is 0.468 e. The Bertz CT molecular complexity index is 338. The van der Waals surface area contributed by atoms with Crippen molar-refractivity contribution in [2.24, 2.45) is 0 Å². The number of carbonyl (C=O) groups is 1. The highest BCUT2D eigenvalue weighted by atomic mass is 16.5. The highest BCUT2D eigenvalue weighted by molar-refractivity contribution is 5.81. The lowest BCUT2D eigenvalue weighted by atomic mass is 9.77. The SMILES string of the molecule is CCNC1(C(=O)OC)CCCC(N(C)C2CCCCC2)C1. The van der Waals surface area contributed by atoms with E-state index in [2.05, 4.69) is 24.2 Å². The monoisotopic (exact) mass is 296 g/mol. The summed E-state index contributed by atoms with van der Waals surface area (Å²) >= 11 is 0. The van der Waals surface area contributed by atoms with Crippen LogP contribution in [-0.2, 0) is 9.53 Å². The predicted octanol–water partition coefficient (Wildman–Crippen LogP) is 2.71. The maximum absolute atomic E-state index is 12.3. The fourth-order valence-corrected chi connectivity index (χ4v) is 4.33. The van der Waals surface area contributed by atoms with Gasteiger partial charge in [0.1, 0.15) is 5.54 Å². The minimum atomic E-state index is -0.463. The van der Waals surface area contributed by atoms with Crippen LogP contribution in [0.25, 0.3) is 0 Å². The molecule has 4 heteroatoms. The van der Waals surface area contributed by atoms with Gasteiger partial charge in [-0.2, -0.15) is 0 Å². The first-order valence-electron chi connectivity index (χ1n) is 8.68. The van der Waals surface area contributed by atoms with Crippen molar-refractivity contribution in [3.63, 3.8) is 0 Å². The number of likely N-dealkylation sites (N-methyl/N-ethyl adjacent to an activating group) is 1. The zero-order chi connectivity index (χ0) is 15.3. The molecule has 0 aromatic heterocycles. The van der Waals surface area contributed by atoms with E-state index in [1.54, 1.807) is 0 Å². The molecule has 4 nitrogen and oxygen atoms in total. The number of ether oxygens (including phenoxy) is 1. The molecule has 0 radical (unpaired) electrons. The second kappa shape index (κ2) is 7.59. The molecule has 2 fully saturated rings. The van der Waals surface area contributed by atoms with Crippen molar-refractivity contribution in [2.45, 2.75) is 82.3 Å². The molecule has 0 aromatic rings. The van der Waals surface area contributed by atoms with Crippen molar-refractivity contribution in [1.29, 1.82) is 0 Å². The van der Waals surface area contributed by atoms with E-state index in [0.29, 0.717) is 12.1 Å². The molecule has 1 N–H and O–H groups in total. The Labute approximate surface area is 129 Å². The quantitative estimate of drug-likeness (QED) is 0.792. The average molecular weight is 296 g/mol. The zero-order valence-electron chi connectivity index (χ0n) is 14.0. The molecule has 0 amide bonds. The number of methoxy groups -OCH3 is 1. The third-order valence-corrected chi connectivity index (χ3v) is 5.54. The molecule has 21 heavy (non-hydrogen) atoms. The van der Waals surface area contributed by atoms with Crippen LogP contribution in [-0.4, -0.2) is 49.2 Å². The van der Waals surface area contributed by atoms with Gasteiger partial charge < -0.3 is 15.0 Å². The Morgan fingerprint density at radius 2 is 1.86 bits per heavy atom. The maximum atomic E-state index is 12.3. The summed E-state index contributed by atoms with van der Waals surface area (Å²) in [6.07, 6.45) is 10.8. The molecule has 2 unspecified atom stereocenters. The lowest BCUT2D eigenvalue weighted by molar-refractivity contribution is -0.151. The molecule has 0 aromatic carbocycles. The van der Waals surface area contributed by atoms with Gasteiger partial charge in [-0.15, -0.1) is 0 Å². The fraction of sp³-hybridized carbons (Fsp3) is 0.941. The van der Waals surface area contributed by atoms with E-state index in [-0.39, 0.29) is 5.97 Å². The molecule has 122 valence electrons. The van der Waals surface area contributed by atoms with Gasteiger partial charge in [0.2, 0.25) is 0 Å². The lowest BCUT2D eigenvalue weighted by Gasteiger charge is -2.45. The van der Waals surface area contributed by atoms with Gasteiger partial charge in [-0.05, 0) is 52.1 Å². The summed E-state index contributed by atoms with van der Waals surface area (Å²) in [5, 5.41) is 3.44. The topological polar surface area (TPSA) is 41.6 Å². The average Bonchev–Trinajstić information content (AvgIpc) is 2.54. The molecule has 0 saturated heterocycles. The minimum absolute atomic E-state index is 0.0777. The fourth-order valence-electron chi connectivity index (χ4n) is 4.33. The molecule has 2 aliphatic rings. The van der Waals surface area contributed by atoms with Crippen LogP contribution in [0.15, 0.2) is 0 Å². The Morgan fingerprint density at radius 1 is 1.19 bits per heavy atom. The Balaban J connectivity index is 2.05. The number of esters is 1. The highest BCUT2D eigenvalue weighted by Gasteiger charge is 2.44. The van der Waals surface area contributed by atoms with Crippen LogP contribution >= 0.6 is 0 Å². The molecular formula is C17H32N2O2. The van der Waals surface area contributed by atoms with E-state index in [9.17, 15) is 4.79 Å². The van der Waals surface area contributed by atoms with Crippen LogP contribution in [0.1, 0.15) is 64.7 Å². The van der Waals surface area contributed by atoms with Gasteiger partial charge in [0, 0.05) is 12.1 Å². The van der Waals surface area contributed by atoms with Gasteiger partial charge in [-0.1, -0.05) is 26.2 Å².